The van der Waals surface area contributed by atoms with Crippen molar-refractivity contribution in [2.75, 3.05) is 18.4 Å². The maximum atomic E-state index is 12.7. The fourth-order valence-electron chi connectivity index (χ4n) is 4.63. The number of hydrogen-bond donors (Lipinski definition) is 2. The van der Waals surface area contributed by atoms with E-state index in [1.165, 1.54) is 0 Å². The lowest BCUT2D eigenvalue weighted by Crippen LogP contribution is -2.44. The van der Waals surface area contributed by atoms with Gasteiger partial charge in [-0.3, -0.25) is 5.10 Å². The number of likely N-dealkylation sites (tertiary alicyclic amines) is 1. The first kappa shape index (κ1) is 21.0. The van der Waals surface area contributed by atoms with Gasteiger partial charge in [-0.05, 0) is 55.6 Å². The molecule has 2 atom stereocenters. The molecule has 0 spiro atoms. The number of ether oxygens (including phenoxy) is 1. The summed E-state index contributed by atoms with van der Waals surface area (Å²) in [5, 5.41) is 18.7. The maximum Gasteiger partial charge on any atom is 0.410 e. The summed E-state index contributed by atoms with van der Waals surface area (Å²) in [4.78, 5) is 18.4. The number of fused-ring (bicyclic) bond motifs is 2. The van der Waals surface area contributed by atoms with Crippen LogP contribution < -0.4 is 5.32 Å². The Hall–Kier alpha value is -3.87. The van der Waals surface area contributed by atoms with Crippen molar-refractivity contribution < 1.29 is 14.2 Å². The zero-order valence-corrected chi connectivity index (χ0v) is 18.8. The molecule has 1 aromatic carbocycles. The highest BCUT2D eigenvalue weighted by Crippen LogP contribution is 2.45. The van der Waals surface area contributed by atoms with Crippen molar-refractivity contribution >= 4 is 22.9 Å². The minimum Gasteiger partial charge on any atom is -0.444 e. The molecular formula is C23H25N7O3. The molecule has 4 heterocycles. The lowest BCUT2D eigenvalue weighted by Gasteiger charge is -2.37. The highest BCUT2D eigenvalue weighted by molar-refractivity contribution is 5.80. The van der Waals surface area contributed by atoms with Gasteiger partial charge in [0.1, 0.15) is 22.5 Å². The van der Waals surface area contributed by atoms with Gasteiger partial charge < -0.3 is 15.0 Å². The third kappa shape index (κ3) is 3.80. The van der Waals surface area contributed by atoms with Crippen molar-refractivity contribution in [2.45, 2.75) is 45.1 Å². The lowest BCUT2D eigenvalue weighted by atomic mass is 9.82. The number of rotatable bonds is 2. The predicted molar refractivity (Wildman–Crippen MR) is 120 cm³/mol. The molecule has 2 unspecified atom stereocenters. The molecule has 1 saturated heterocycles. The van der Waals surface area contributed by atoms with Crippen molar-refractivity contribution in [1.29, 1.82) is 0 Å². The summed E-state index contributed by atoms with van der Waals surface area (Å²) < 4.78 is 10.6. The zero-order chi connectivity index (χ0) is 23.2. The summed E-state index contributed by atoms with van der Waals surface area (Å²) in [5.74, 6) is 0.328. The normalized spacial score (nSPS) is 20.8. The number of aromatic nitrogens is 4. The minimum atomic E-state index is -0.561. The average molecular weight is 447 g/mol. The van der Waals surface area contributed by atoms with Crippen LogP contribution in [0.5, 0.6) is 0 Å². The first-order valence-corrected chi connectivity index (χ1v) is 11.0. The van der Waals surface area contributed by atoms with E-state index in [0.29, 0.717) is 29.8 Å². The van der Waals surface area contributed by atoms with Crippen LogP contribution in [-0.4, -0.2) is 50.2 Å². The Kier molecular flexibility index (Phi) is 5.04. The molecule has 3 aromatic rings. The number of H-pyrrole nitrogens is 1. The van der Waals surface area contributed by atoms with Crippen LogP contribution in [0.15, 0.2) is 40.4 Å². The summed E-state index contributed by atoms with van der Waals surface area (Å²) in [6.07, 6.45) is 3.08. The van der Waals surface area contributed by atoms with Crippen LogP contribution in [-0.2, 0) is 4.74 Å². The van der Waals surface area contributed by atoms with Crippen molar-refractivity contribution in [3.63, 3.8) is 0 Å². The lowest BCUT2D eigenvalue weighted by molar-refractivity contribution is 0.0182. The van der Waals surface area contributed by atoms with Crippen LogP contribution in [0.1, 0.15) is 50.7 Å². The number of benzene rings is 1. The Morgan fingerprint density at radius 2 is 2.15 bits per heavy atom. The molecule has 0 bridgehead atoms. The summed E-state index contributed by atoms with van der Waals surface area (Å²) in [6.45, 7) is 14.8. The van der Waals surface area contributed by atoms with E-state index in [9.17, 15) is 4.79 Å². The van der Waals surface area contributed by atoms with Gasteiger partial charge in [0.05, 0.1) is 18.7 Å². The molecule has 2 aliphatic rings. The van der Waals surface area contributed by atoms with Crippen LogP contribution in [0.3, 0.4) is 0 Å². The van der Waals surface area contributed by atoms with Gasteiger partial charge in [0, 0.05) is 30.3 Å². The molecule has 1 fully saturated rings. The number of hydrogen-bond acceptors (Lipinski definition) is 7. The van der Waals surface area contributed by atoms with Crippen molar-refractivity contribution in [2.24, 2.45) is 5.92 Å². The number of carbonyl (C=O) groups excluding carboxylic acids is 1. The Bertz CT molecular complexity index is 1280. The van der Waals surface area contributed by atoms with E-state index in [1.54, 1.807) is 11.1 Å². The topological polar surface area (TPSA) is 114 Å². The van der Waals surface area contributed by atoms with E-state index < -0.39 is 5.60 Å². The molecule has 10 heteroatoms. The van der Waals surface area contributed by atoms with Crippen LogP contribution in [0.2, 0.25) is 0 Å². The number of piperidine rings is 1. The molecule has 5 rings (SSSR count). The van der Waals surface area contributed by atoms with E-state index in [2.05, 4.69) is 30.7 Å². The fourth-order valence-corrected chi connectivity index (χ4v) is 4.63. The van der Waals surface area contributed by atoms with Crippen LogP contribution in [0.4, 0.5) is 10.6 Å². The van der Waals surface area contributed by atoms with Crippen molar-refractivity contribution in [3.8, 4) is 0 Å². The van der Waals surface area contributed by atoms with E-state index in [4.69, 9.17) is 15.9 Å². The third-order valence-electron chi connectivity index (χ3n) is 6.02. The van der Waals surface area contributed by atoms with Crippen molar-refractivity contribution in [3.05, 3.63) is 58.3 Å². The van der Waals surface area contributed by atoms with E-state index in [0.717, 1.165) is 35.5 Å². The smallest absolute Gasteiger partial charge is 0.410 e. The second-order valence-corrected chi connectivity index (χ2v) is 9.41. The summed E-state index contributed by atoms with van der Waals surface area (Å²) >= 11 is 0. The fraction of sp³-hybridized carbons (Fsp3) is 0.435. The standard InChI is InChI=1S/C23H25N7O3/c1-23(2,3)32-22(31)30-10-6-7-13(12-30)18-20(24-4)17(15-11-25-27-21(15)26-18)14-8-5-9-16-19(14)29-33-28-16/h5,8-9,11,13,17H,6-7,10,12H2,1-3H3,(H2,25,26,27). The van der Waals surface area contributed by atoms with Gasteiger partial charge in [-0.1, -0.05) is 12.1 Å². The van der Waals surface area contributed by atoms with E-state index in [1.807, 2.05) is 39.0 Å². The van der Waals surface area contributed by atoms with Crippen LogP contribution in [0, 0.1) is 12.5 Å². The Morgan fingerprint density at radius 1 is 1.30 bits per heavy atom. The number of allylic oxidation sites excluding steroid dienone is 1. The average Bonchev–Trinajstić information content (AvgIpc) is 3.45. The first-order chi connectivity index (χ1) is 15.9. The van der Waals surface area contributed by atoms with Gasteiger partial charge >= 0.3 is 6.09 Å². The Morgan fingerprint density at radius 3 is 2.94 bits per heavy atom. The van der Waals surface area contributed by atoms with Gasteiger partial charge in [-0.2, -0.15) is 5.10 Å². The second-order valence-electron chi connectivity index (χ2n) is 9.41. The molecule has 2 N–H and O–H groups in total. The number of aromatic amines is 1. The summed E-state index contributed by atoms with van der Waals surface area (Å²) in [7, 11) is 0. The highest BCUT2D eigenvalue weighted by Gasteiger charge is 2.38. The molecule has 1 amide bonds. The molecule has 0 radical (unpaired) electrons. The van der Waals surface area contributed by atoms with Gasteiger partial charge in [0.25, 0.3) is 0 Å². The van der Waals surface area contributed by atoms with Gasteiger partial charge in [0.15, 0.2) is 5.70 Å². The number of anilines is 1. The van der Waals surface area contributed by atoms with E-state index >= 15 is 0 Å². The molecule has 2 aromatic heterocycles. The summed E-state index contributed by atoms with van der Waals surface area (Å²) in [6, 6.07) is 5.65. The number of nitrogens with one attached hydrogen (secondary N) is 2. The quantitative estimate of drug-likeness (QED) is 0.564. The largest absolute Gasteiger partial charge is 0.444 e. The third-order valence-corrected chi connectivity index (χ3v) is 6.02. The molecule has 33 heavy (non-hydrogen) atoms. The van der Waals surface area contributed by atoms with Gasteiger partial charge in [-0.15, -0.1) is 0 Å². The van der Waals surface area contributed by atoms with Crippen molar-refractivity contribution in [1.82, 2.24) is 25.4 Å². The molecular weight excluding hydrogens is 422 g/mol. The Labute approximate surface area is 190 Å². The Balaban J connectivity index is 1.55. The zero-order valence-electron chi connectivity index (χ0n) is 18.8. The van der Waals surface area contributed by atoms with Gasteiger partial charge in [-0.25, -0.2) is 14.3 Å². The number of amides is 1. The number of carbonyl (C=O) groups is 1. The molecule has 0 aliphatic carbocycles. The van der Waals surface area contributed by atoms with Crippen LogP contribution in [0.25, 0.3) is 15.9 Å². The molecule has 170 valence electrons. The van der Waals surface area contributed by atoms with Crippen LogP contribution >= 0.6 is 0 Å². The molecule has 2 aliphatic heterocycles. The number of nitrogens with zero attached hydrogens (tertiary/aromatic N) is 5. The first-order valence-electron chi connectivity index (χ1n) is 11.0. The highest BCUT2D eigenvalue weighted by atomic mass is 16.6. The van der Waals surface area contributed by atoms with Gasteiger partial charge in [0.2, 0.25) is 0 Å². The molecule has 0 saturated carbocycles. The van der Waals surface area contributed by atoms with E-state index in [-0.39, 0.29) is 17.9 Å². The monoisotopic (exact) mass is 447 g/mol. The second kappa shape index (κ2) is 7.92. The maximum absolute atomic E-state index is 12.7. The summed E-state index contributed by atoms with van der Waals surface area (Å²) in [5.41, 5.74) is 3.76. The predicted octanol–water partition coefficient (Wildman–Crippen LogP) is 4.28. The minimum absolute atomic E-state index is 0.0380. The molecule has 10 nitrogen and oxygen atoms in total. The SMILES string of the molecule is [C-]#[N+]C1=C(C2CCCN(C(=O)OC(C)(C)C)C2)Nc2[nH]ncc2C1c1cccc2nonc12.